The molecule has 2 aliphatic heterocycles. The molecule has 32 heavy (non-hydrogen) atoms. The van der Waals surface area contributed by atoms with Crippen LogP contribution in [0.2, 0.25) is 0 Å². The van der Waals surface area contributed by atoms with Crippen LogP contribution < -0.4 is 4.90 Å². The van der Waals surface area contributed by atoms with Crippen LogP contribution in [-0.4, -0.2) is 36.0 Å². The third-order valence-corrected chi connectivity index (χ3v) is 6.41. The second-order valence-corrected chi connectivity index (χ2v) is 8.36. The van der Waals surface area contributed by atoms with Gasteiger partial charge in [0.1, 0.15) is 12.6 Å². The van der Waals surface area contributed by atoms with Crippen molar-refractivity contribution in [2.75, 3.05) is 18.0 Å². The summed E-state index contributed by atoms with van der Waals surface area (Å²) < 4.78 is 5.53. The fourth-order valence-electron chi connectivity index (χ4n) is 4.81. The van der Waals surface area contributed by atoms with Gasteiger partial charge in [-0.05, 0) is 35.6 Å². The Morgan fingerprint density at radius 1 is 0.875 bits per heavy atom. The molecule has 5 nitrogen and oxygen atoms in total. The lowest BCUT2D eigenvalue weighted by atomic mass is 9.93. The van der Waals surface area contributed by atoms with Crippen molar-refractivity contribution in [2.45, 2.75) is 31.4 Å². The van der Waals surface area contributed by atoms with E-state index in [1.807, 2.05) is 71.6 Å². The van der Waals surface area contributed by atoms with E-state index in [-0.39, 0.29) is 18.4 Å². The van der Waals surface area contributed by atoms with Crippen molar-refractivity contribution in [3.63, 3.8) is 0 Å². The molecule has 1 unspecified atom stereocenters. The molecule has 3 aromatic carbocycles. The molecule has 162 valence electrons. The normalized spacial score (nSPS) is 19.6. The van der Waals surface area contributed by atoms with Crippen molar-refractivity contribution in [2.24, 2.45) is 0 Å². The lowest BCUT2D eigenvalue weighted by Gasteiger charge is -2.28. The van der Waals surface area contributed by atoms with Gasteiger partial charge in [0.15, 0.2) is 0 Å². The third-order valence-electron chi connectivity index (χ3n) is 6.41. The number of fused-ring (bicyclic) bond motifs is 1. The van der Waals surface area contributed by atoms with Gasteiger partial charge in [-0.2, -0.15) is 0 Å². The minimum Gasteiger partial charge on any atom is -0.445 e. The molecule has 0 saturated carbocycles. The van der Waals surface area contributed by atoms with Gasteiger partial charge in [0.05, 0.1) is 0 Å². The summed E-state index contributed by atoms with van der Waals surface area (Å²) in [5.41, 5.74) is 4.22. The second kappa shape index (κ2) is 8.87. The molecule has 2 aliphatic rings. The SMILES string of the molecule is O=C([C@H]1CCCN1C(=O)OCc1ccccc1)N1CC(c2ccccc2)c2ccccc21. The number of nitrogens with zero attached hydrogens (tertiary/aromatic N) is 2. The molecular formula is C27H26N2O3. The minimum atomic E-state index is -0.485. The number of hydrogen-bond donors (Lipinski definition) is 0. The zero-order chi connectivity index (χ0) is 21.9. The Morgan fingerprint density at radius 3 is 2.34 bits per heavy atom. The molecule has 0 spiro atoms. The van der Waals surface area contributed by atoms with Crippen molar-refractivity contribution in [3.05, 3.63) is 102 Å². The molecule has 0 radical (unpaired) electrons. The Kier molecular flexibility index (Phi) is 5.63. The van der Waals surface area contributed by atoms with Gasteiger partial charge in [-0.1, -0.05) is 78.9 Å². The summed E-state index contributed by atoms with van der Waals surface area (Å²) in [7, 11) is 0. The van der Waals surface area contributed by atoms with Crippen molar-refractivity contribution >= 4 is 17.7 Å². The number of carbonyl (C=O) groups excluding carboxylic acids is 2. The van der Waals surface area contributed by atoms with Gasteiger partial charge in [0.25, 0.3) is 0 Å². The second-order valence-electron chi connectivity index (χ2n) is 8.36. The Hall–Kier alpha value is -3.60. The molecule has 0 bridgehead atoms. The quantitative estimate of drug-likeness (QED) is 0.592. The Balaban J connectivity index is 1.33. The number of hydrogen-bond acceptors (Lipinski definition) is 3. The fourth-order valence-corrected chi connectivity index (χ4v) is 4.81. The highest BCUT2D eigenvalue weighted by atomic mass is 16.6. The topological polar surface area (TPSA) is 49.9 Å². The molecule has 0 aliphatic carbocycles. The average Bonchev–Trinajstić information content (AvgIpc) is 3.49. The highest BCUT2D eigenvalue weighted by Gasteiger charge is 2.41. The molecule has 2 amide bonds. The Labute approximate surface area is 188 Å². The molecule has 2 heterocycles. The first-order valence-electron chi connectivity index (χ1n) is 11.1. The molecule has 0 aromatic heterocycles. The first-order valence-corrected chi connectivity index (χ1v) is 11.1. The number of benzene rings is 3. The molecule has 0 N–H and O–H groups in total. The number of amides is 2. The van der Waals surface area contributed by atoms with E-state index < -0.39 is 12.1 Å². The first-order chi connectivity index (χ1) is 15.7. The number of para-hydroxylation sites is 1. The van der Waals surface area contributed by atoms with Gasteiger partial charge in [0, 0.05) is 24.7 Å². The standard InChI is InChI=1S/C27H26N2O3/c30-26(25-16-9-17-28(25)27(31)32-19-20-10-3-1-4-11-20)29-18-23(21-12-5-2-6-13-21)22-14-7-8-15-24(22)29/h1-8,10-15,23,25H,9,16-19H2/t23?,25-/m1/s1. The van der Waals surface area contributed by atoms with Crippen LogP contribution in [0.4, 0.5) is 10.5 Å². The molecule has 1 fully saturated rings. The zero-order valence-electron chi connectivity index (χ0n) is 17.9. The molecule has 5 rings (SSSR count). The Bertz CT molecular complexity index is 1100. The van der Waals surface area contributed by atoms with E-state index in [1.165, 1.54) is 5.56 Å². The highest BCUT2D eigenvalue weighted by Crippen LogP contribution is 2.41. The summed E-state index contributed by atoms with van der Waals surface area (Å²) >= 11 is 0. The molecular weight excluding hydrogens is 400 g/mol. The zero-order valence-corrected chi connectivity index (χ0v) is 17.9. The van der Waals surface area contributed by atoms with E-state index in [1.54, 1.807) is 4.90 Å². The number of rotatable bonds is 4. The maximum Gasteiger partial charge on any atom is 0.410 e. The van der Waals surface area contributed by atoms with Crippen LogP contribution >= 0.6 is 0 Å². The van der Waals surface area contributed by atoms with Crippen LogP contribution in [0.15, 0.2) is 84.9 Å². The van der Waals surface area contributed by atoms with Crippen molar-refractivity contribution < 1.29 is 14.3 Å². The minimum absolute atomic E-state index is 0.0231. The van der Waals surface area contributed by atoms with E-state index in [0.717, 1.165) is 23.2 Å². The lowest BCUT2D eigenvalue weighted by molar-refractivity contribution is -0.122. The van der Waals surface area contributed by atoms with Crippen LogP contribution in [-0.2, 0) is 16.1 Å². The monoisotopic (exact) mass is 426 g/mol. The van der Waals surface area contributed by atoms with E-state index >= 15 is 0 Å². The number of likely N-dealkylation sites (tertiary alicyclic amines) is 1. The number of carbonyl (C=O) groups is 2. The van der Waals surface area contributed by atoms with Crippen molar-refractivity contribution in [3.8, 4) is 0 Å². The molecule has 2 atom stereocenters. The van der Waals surface area contributed by atoms with Gasteiger partial charge in [-0.25, -0.2) is 4.79 Å². The third kappa shape index (κ3) is 3.86. The van der Waals surface area contributed by atoms with Gasteiger partial charge in [-0.15, -0.1) is 0 Å². The maximum absolute atomic E-state index is 13.7. The van der Waals surface area contributed by atoms with Crippen LogP contribution in [0.3, 0.4) is 0 Å². The Morgan fingerprint density at radius 2 is 1.56 bits per heavy atom. The summed E-state index contributed by atoms with van der Waals surface area (Å²) in [4.78, 5) is 29.9. The fraction of sp³-hybridized carbons (Fsp3) is 0.259. The van der Waals surface area contributed by atoms with E-state index in [4.69, 9.17) is 4.74 Å². The summed E-state index contributed by atoms with van der Waals surface area (Å²) in [5.74, 6) is 0.112. The van der Waals surface area contributed by atoms with Crippen molar-refractivity contribution in [1.29, 1.82) is 0 Å². The summed E-state index contributed by atoms with van der Waals surface area (Å²) in [5, 5.41) is 0. The lowest BCUT2D eigenvalue weighted by Crippen LogP contribution is -2.47. The first kappa shape index (κ1) is 20.3. The van der Waals surface area contributed by atoms with Crippen molar-refractivity contribution in [1.82, 2.24) is 4.90 Å². The number of anilines is 1. The largest absolute Gasteiger partial charge is 0.445 e. The van der Waals surface area contributed by atoms with Gasteiger partial charge >= 0.3 is 6.09 Å². The van der Waals surface area contributed by atoms with Crippen LogP contribution in [0.1, 0.15) is 35.4 Å². The average molecular weight is 427 g/mol. The predicted molar refractivity (Wildman–Crippen MR) is 123 cm³/mol. The van der Waals surface area contributed by atoms with Gasteiger partial charge in [-0.3, -0.25) is 9.69 Å². The van der Waals surface area contributed by atoms with E-state index in [2.05, 4.69) is 18.2 Å². The highest BCUT2D eigenvalue weighted by molar-refractivity contribution is 6.01. The van der Waals surface area contributed by atoms with Crippen LogP contribution in [0.5, 0.6) is 0 Å². The summed E-state index contributed by atoms with van der Waals surface area (Å²) in [6, 6.07) is 27.5. The molecule has 3 aromatic rings. The van der Waals surface area contributed by atoms with E-state index in [9.17, 15) is 9.59 Å². The number of ether oxygens (including phenoxy) is 1. The summed E-state index contributed by atoms with van der Waals surface area (Å²) in [6.07, 6.45) is 1.04. The van der Waals surface area contributed by atoms with Gasteiger partial charge < -0.3 is 9.64 Å². The van der Waals surface area contributed by atoms with Crippen LogP contribution in [0, 0.1) is 0 Å². The molecule has 5 heteroatoms. The van der Waals surface area contributed by atoms with Gasteiger partial charge in [0.2, 0.25) is 5.91 Å². The maximum atomic E-state index is 13.7. The van der Waals surface area contributed by atoms with E-state index in [0.29, 0.717) is 19.5 Å². The van der Waals surface area contributed by atoms with Crippen LogP contribution in [0.25, 0.3) is 0 Å². The smallest absolute Gasteiger partial charge is 0.410 e. The summed E-state index contributed by atoms with van der Waals surface area (Å²) in [6.45, 7) is 1.34. The predicted octanol–water partition coefficient (Wildman–Crippen LogP) is 4.97. The molecule has 1 saturated heterocycles.